The second kappa shape index (κ2) is 15.4. The van der Waals surface area contributed by atoms with Gasteiger partial charge in [-0.25, -0.2) is 8.42 Å². The lowest BCUT2D eigenvalue weighted by molar-refractivity contribution is -0.140. The lowest BCUT2D eigenvalue weighted by Crippen LogP contribution is -2.54. The molecule has 0 aliphatic carbocycles. The van der Waals surface area contributed by atoms with Crippen LogP contribution in [0.4, 0.5) is 5.69 Å². The van der Waals surface area contributed by atoms with E-state index in [1.54, 1.807) is 42.5 Å². The average molecular weight is 628 g/mol. The number of rotatable bonds is 14. The van der Waals surface area contributed by atoms with Crippen LogP contribution in [0.2, 0.25) is 0 Å². The van der Waals surface area contributed by atoms with E-state index in [0.717, 1.165) is 21.0 Å². The summed E-state index contributed by atoms with van der Waals surface area (Å²) in [5.41, 5.74) is 3.06. The number of ether oxygens (including phenoxy) is 1. The number of anilines is 1. The molecular formula is C36H41N3O5S. The van der Waals surface area contributed by atoms with E-state index in [-0.39, 0.29) is 29.8 Å². The van der Waals surface area contributed by atoms with E-state index in [4.69, 9.17) is 4.74 Å². The molecule has 4 aromatic carbocycles. The average Bonchev–Trinajstić information content (AvgIpc) is 3.03. The normalized spacial score (nSPS) is 11.9. The van der Waals surface area contributed by atoms with Crippen molar-refractivity contribution in [1.82, 2.24) is 10.2 Å². The second-order valence-electron chi connectivity index (χ2n) is 11.1. The van der Waals surface area contributed by atoms with Crippen LogP contribution in [0.15, 0.2) is 114 Å². The molecule has 1 unspecified atom stereocenters. The van der Waals surface area contributed by atoms with E-state index in [1.807, 2.05) is 82.3 Å². The zero-order chi connectivity index (χ0) is 32.4. The van der Waals surface area contributed by atoms with Gasteiger partial charge in [0.2, 0.25) is 11.8 Å². The van der Waals surface area contributed by atoms with Crippen molar-refractivity contribution in [2.24, 2.45) is 0 Å². The number of nitrogens with zero attached hydrogens (tertiary/aromatic N) is 2. The Kier molecular flexibility index (Phi) is 11.4. The fourth-order valence-electron chi connectivity index (χ4n) is 4.95. The fraction of sp³-hybridized carbons (Fsp3) is 0.278. The van der Waals surface area contributed by atoms with Crippen LogP contribution in [0.25, 0.3) is 0 Å². The van der Waals surface area contributed by atoms with E-state index in [1.165, 1.54) is 17.0 Å². The number of hydrogen-bond acceptors (Lipinski definition) is 5. The number of aryl methyl sites for hydroxylation is 1. The predicted octanol–water partition coefficient (Wildman–Crippen LogP) is 5.75. The smallest absolute Gasteiger partial charge is 0.264 e. The van der Waals surface area contributed by atoms with Crippen LogP contribution >= 0.6 is 0 Å². The quantitative estimate of drug-likeness (QED) is 0.192. The summed E-state index contributed by atoms with van der Waals surface area (Å²) in [6, 6.07) is 30.8. The summed E-state index contributed by atoms with van der Waals surface area (Å²) in [5.74, 6) is -0.240. The lowest BCUT2D eigenvalue weighted by atomic mass is 10.0. The molecule has 2 amide bonds. The Morgan fingerprint density at radius 3 is 1.98 bits per heavy atom. The molecule has 4 aromatic rings. The van der Waals surface area contributed by atoms with Gasteiger partial charge in [0, 0.05) is 19.0 Å². The van der Waals surface area contributed by atoms with Crippen LogP contribution in [0.1, 0.15) is 37.5 Å². The molecule has 0 bridgehead atoms. The summed E-state index contributed by atoms with van der Waals surface area (Å²) in [6.45, 7) is 7.63. The van der Waals surface area contributed by atoms with Crippen molar-refractivity contribution in [2.45, 2.75) is 57.6 Å². The first-order chi connectivity index (χ1) is 21.6. The number of benzene rings is 4. The topological polar surface area (TPSA) is 96.0 Å². The van der Waals surface area contributed by atoms with Gasteiger partial charge in [-0.1, -0.05) is 78.4 Å². The van der Waals surface area contributed by atoms with E-state index >= 15 is 0 Å². The summed E-state index contributed by atoms with van der Waals surface area (Å²) in [6.07, 6.45) is 0.255. The summed E-state index contributed by atoms with van der Waals surface area (Å²) in [5, 5.41) is 2.97. The first-order valence-corrected chi connectivity index (χ1v) is 16.5. The van der Waals surface area contributed by atoms with E-state index < -0.39 is 28.5 Å². The Hall–Kier alpha value is -4.63. The zero-order valence-electron chi connectivity index (χ0n) is 26.2. The van der Waals surface area contributed by atoms with Crippen molar-refractivity contribution in [3.63, 3.8) is 0 Å². The maximum Gasteiger partial charge on any atom is 0.264 e. The van der Waals surface area contributed by atoms with E-state index in [2.05, 4.69) is 5.32 Å². The first kappa shape index (κ1) is 33.3. The standard InChI is InChI=1S/C36H41N3O5S/c1-5-44-32-22-20-31(21-23-32)39(45(42,43)33-14-10-7-11-15-33)26-35(40)38(25-30-18-16-28(4)17-19-30)34(36(41)37-27(2)3)24-29-12-8-6-9-13-29/h6-23,27,34H,5,24-26H2,1-4H3,(H,37,41). The first-order valence-electron chi connectivity index (χ1n) is 15.1. The molecular weight excluding hydrogens is 586 g/mol. The van der Waals surface area contributed by atoms with Gasteiger partial charge in [-0.2, -0.15) is 0 Å². The van der Waals surface area contributed by atoms with Gasteiger partial charge in [-0.15, -0.1) is 0 Å². The SMILES string of the molecule is CCOc1ccc(N(CC(=O)N(Cc2ccc(C)cc2)C(Cc2ccccc2)C(=O)NC(C)C)S(=O)(=O)c2ccccc2)cc1. The fourth-order valence-corrected chi connectivity index (χ4v) is 6.38. The van der Waals surface area contributed by atoms with Gasteiger partial charge >= 0.3 is 0 Å². The van der Waals surface area contributed by atoms with Crippen LogP contribution in [0.3, 0.4) is 0 Å². The van der Waals surface area contributed by atoms with Crippen LogP contribution in [-0.2, 0) is 32.6 Å². The largest absolute Gasteiger partial charge is 0.494 e. The third-order valence-electron chi connectivity index (χ3n) is 7.22. The molecule has 9 heteroatoms. The highest BCUT2D eigenvalue weighted by atomic mass is 32.2. The lowest BCUT2D eigenvalue weighted by Gasteiger charge is -2.34. The Morgan fingerprint density at radius 2 is 1.40 bits per heavy atom. The minimum atomic E-state index is -4.17. The molecule has 45 heavy (non-hydrogen) atoms. The monoisotopic (exact) mass is 627 g/mol. The molecule has 0 saturated heterocycles. The zero-order valence-corrected chi connectivity index (χ0v) is 27.0. The van der Waals surface area contributed by atoms with Crippen LogP contribution in [0, 0.1) is 6.92 Å². The van der Waals surface area contributed by atoms with Crippen molar-refractivity contribution in [2.75, 3.05) is 17.5 Å². The van der Waals surface area contributed by atoms with Crippen LogP contribution < -0.4 is 14.4 Å². The van der Waals surface area contributed by atoms with Crippen molar-refractivity contribution >= 4 is 27.5 Å². The number of sulfonamides is 1. The number of carbonyl (C=O) groups is 2. The molecule has 0 heterocycles. The molecule has 0 aliphatic heterocycles. The molecule has 0 fully saturated rings. The molecule has 0 aliphatic rings. The number of hydrogen-bond donors (Lipinski definition) is 1. The van der Waals surface area contributed by atoms with Crippen molar-refractivity contribution < 1.29 is 22.7 Å². The van der Waals surface area contributed by atoms with Crippen molar-refractivity contribution in [1.29, 1.82) is 0 Å². The summed E-state index contributed by atoms with van der Waals surface area (Å²) < 4.78 is 34.8. The van der Waals surface area contributed by atoms with Gasteiger partial charge in [0.05, 0.1) is 17.2 Å². The van der Waals surface area contributed by atoms with Gasteiger partial charge in [-0.3, -0.25) is 13.9 Å². The molecule has 4 rings (SSSR count). The predicted molar refractivity (Wildman–Crippen MR) is 178 cm³/mol. The third-order valence-corrected chi connectivity index (χ3v) is 9.01. The maximum atomic E-state index is 14.5. The highest BCUT2D eigenvalue weighted by Crippen LogP contribution is 2.27. The summed E-state index contributed by atoms with van der Waals surface area (Å²) in [7, 11) is -4.17. The number of carbonyl (C=O) groups excluding carboxylic acids is 2. The summed E-state index contributed by atoms with van der Waals surface area (Å²) >= 11 is 0. The maximum absolute atomic E-state index is 14.5. The molecule has 0 aromatic heterocycles. The second-order valence-corrected chi connectivity index (χ2v) is 13.0. The van der Waals surface area contributed by atoms with Gasteiger partial charge in [0.1, 0.15) is 18.3 Å². The Labute approximate surface area is 266 Å². The van der Waals surface area contributed by atoms with E-state index in [9.17, 15) is 18.0 Å². The third kappa shape index (κ3) is 8.95. The van der Waals surface area contributed by atoms with Crippen LogP contribution in [0.5, 0.6) is 5.75 Å². The molecule has 1 atom stereocenters. The molecule has 236 valence electrons. The van der Waals surface area contributed by atoms with Crippen molar-refractivity contribution in [3.8, 4) is 5.75 Å². The number of amides is 2. The van der Waals surface area contributed by atoms with E-state index in [0.29, 0.717) is 18.0 Å². The number of nitrogens with one attached hydrogen (secondary N) is 1. The molecule has 8 nitrogen and oxygen atoms in total. The Bertz CT molecular complexity index is 1640. The van der Waals surface area contributed by atoms with Gasteiger partial charge in [0.25, 0.3) is 10.0 Å². The highest BCUT2D eigenvalue weighted by Gasteiger charge is 2.34. The Morgan fingerprint density at radius 1 is 0.800 bits per heavy atom. The minimum absolute atomic E-state index is 0.0511. The van der Waals surface area contributed by atoms with Gasteiger partial charge in [-0.05, 0) is 75.2 Å². The van der Waals surface area contributed by atoms with Crippen LogP contribution in [-0.4, -0.2) is 50.4 Å². The van der Waals surface area contributed by atoms with Crippen molar-refractivity contribution in [3.05, 3.63) is 126 Å². The molecule has 0 saturated carbocycles. The Balaban J connectivity index is 1.79. The summed E-state index contributed by atoms with van der Waals surface area (Å²) in [4.78, 5) is 29.8. The minimum Gasteiger partial charge on any atom is -0.494 e. The molecule has 1 N–H and O–H groups in total. The highest BCUT2D eigenvalue weighted by molar-refractivity contribution is 7.92. The van der Waals surface area contributed by atoms with Gasteiger partial charge < -0.3 is 15.0 Å². The molecule has 0 radical (unpaired) electrons. The van der Waals surface area contributed by atoms with Gasteiger partial charge in [0.15, 0.2) is 0 Å². The molecule has 0 spiro atoms.